The van der Waals surface area contributed by atoms with Crippen LogP contribution in [0.25, 0.3) is 0 Å². The molecule has 2 rings (SSSR count). The zero-order valence-electron chi connectivity index (χ0n) is 7.95. The largest absolute Gasteiger partial charge is 0.474 e. The molecule has 1 aromatic heterocycles. The van der Waals surface area contributed by atoms with Gasteiger partial charge in [0.05, 0.1) is 6.10 Å². The lowest BCUT2D eigenvalue weighted by atomic mass is 10.2. The van der Waals surface area contributed by atoms with E-state index in [2.05, 4.69) is 25.9 Å². The maximum atomic E-state index is 5.80. The Kier molecular flexibility index (Phi) is 3.77. The van der Waals surface area contributed by atoms with Crippen molar-refractivity contribution in [3.63, 3.8) is 0 Å². The van der Waals surface area contributed by atoms with Gasteiger partial charge in [0.1, 0.15) is 17.4 Å². The molecular formula is C9H10BrClN2O2. The number of nitrogens with zero attached hydrogens (tertiary/aromatic N) is 2. The highest BCUT2D eigenvalue weighted by Gasteiger charge is 2.17. The van der Waals surface area contributed by atoms with Gasteiger partial charge in [-0.15, -0.1) is 0 Å². The zero-order chi connectivity index (χ0) is 10.7. The first-order chi connectivity index (χ1) is 7.27. The lowest BCUT2D eigenvalue weighted by molar-refractivity contribution is 0.0660. The molecule has 15 heavy (non-hydrogen) atoms. The number of aromatic nitrogens is 2. The van der Waals surface area contributed by atoms with Gasteiger partial charge in [0.15, 0.2) is 5.15 Å². The maximum absolute atomic E-state index is 5.80. The van der Waals surface area contributed by atoms with Crippen LogP contribution in [0.5, 0.6) is 5.88 Å². The van der Waals surface area contributed by atoms with Gasteiger partial charge in [-0.25, -0.2) is 9.97 Å². The van der Waals surface area contributed by atoms with Crippen LogP contribution in [0.3, 0.4) is 0 Å². The smallest absolute Gasteiger partial charge is 0.232 e. The number of rotatable bonds is 3. The van der Waals surface area contributed by atoms with E-state index in [1.54, 1.807) is 0 Å². The Bertz CT molecular complexity index is 345. The third-order valence-corrected chi connectivity index (χ3v) is 3.37. The van der Waals surface area contributed by atoms with Gasteiger partial charge in [0, 0.05) is 6.61 Å². The molecule has 2 heterocycles. The molecule has 1 aliphatic rings. The number of ether oxygens (including phenoxy) is 2. The minimum atomic E-state index is 0.172. The van der Waals surface area contributed by atoms with E-state index in [0.717, 1.165) is 19.4 Å². The van der Waals surface area contributed by atoms with Crippen LogP contribution < -0.4 is 4.74 Å². The molecule has 0 bridgehead atoms. The van der Waals surface area contributed by atoms with Crippen molar-refractivity contribution in [2.75, 3.05) is 13.2 Å². The number of hydrogen-bond acceptors (Lipinski definition) is 4. The van der Waals surface area contributed by atoms with Crippen LogP contribution in [0.1, 0.15) is 12.8 Å². The summed E-state index contributed by atoms with van der Waals surface area (Å²) in [6.45, 7) is 1.33. The average Bonchev–Trinajstić information content (AvgIpc) is 2.73. The SMILES string of the molecule is Clc1ncnc(OCC2CCCO2)c1Br. The molecule has 0 amide bonds. The number of hydrogen-bond donors (Lipinski definition) is 0. The molecule has 82 valence electrons. The Hall–Kier alpha value is -0.390. The van der Waals surface area contributed by atoms with E-state index in [1.807, 2.05) is 0 Å². The Morgan fingerprint density at radius 3 is 3.20 bits per heavy atom. The van der Waals surface area contributed by atoms with E-state index in [-0.39, 0.29) is 6.10 Å². The van der Waals surface area contributed by atoms with Crippen LogP contribution in [-0.2, 0) is 4.74 Å². The third kappa shape index (κ3) is 2.80. The molecule has 1 aromatic rings. The molecule has 1 unspecified atom stereocenters. The van der Waals surface area contributed by atoms with Crippen LogP contribution in [0, 0.1) is 0 Å². The van der Waals surface area contributed by atoms with E-state index in [4.69, 9.17) is 21.1 Å². The van der Waals surface area contributed by atoms with Crippen molar-refractivity contribution in [3.05, 3.63) is 16.0 Å². The second-order valence-electron chi connectivity index (χ2n) is 3.23. The molecule has 1 fully saturated rings. The lowest BCUT2D eigenvalue weighted by Gasteiger charge is -2.11. The second-order valence-corrected chi connectivity index (χ2v) is 4.38. The summed E-state index contributed by atoms with van der Waals surface area (Å²) in [7, 11) is 0. The first kappa shape index (κ1) is 11.1. The summed E-state index contributed by atoms with van der Waals surface area (Å²) >= 11 is 9.07. The second kappa shape index (κ2) is 5.09. The molecule has 1 atom stereocenters. The van der Waals surface area contributed by atoms with Crippen LogP contribution in [0.15, 0.2) is 10.8 Å². The highest BCUT2D eigenvalue weighted by Crippen LogP contribution is 2.28. The van der Waals surface area contributed by atoms with E-state index >= 15 is 0 Å². The van der Waals surface area contributed by atoms with Gasteiger partial charge in [-0.1, -0.05) is 11.6 Å². The Morgan fingerprint density at radius 2 is 2.47 bits per heavy atom. The normalized spacial score (nSPS) is 20.5. The van der Waals surface area contributed by atoms with Gasteiger partial charge in [-0.2, -0.15) is 0 Å². The Morgan fingerprint density at radius 1 is 1.60 bits per heavy atom. The maximum Gasteiger partial charge on any atom is 0.232 e. The molecule has 0 aromatic carbocycles. The van der Waals surface area contributed by atoms with E-state index in [9.17, 15) is 0 Å². The molecule has 1 aliphatic heterocycles. The van der Waals surface area contributed by atoms with Gasteiger partial charge in [0.25, 0.3) is 0 Å². The van der Waals surface area contributed by atoms with Crippen LogP contribution in [0.2, 0.25) is 5.15 Å². The first-order valence-electron chi connectivity index (χ1n) is 4.68. The zero-order valence-corrected chi connectivity index (χ0v) is 10.3. The van der Waals surface area contributed by atoms with Gasteiger partial charge in [-0.3, -0.25) is 0 Å². The van der Waals surface area contributed by atoms with Crippen molar-refractivity contribution in [1.29, 1.82) is 0 Å². The van der Waals surface area contributed by atoms with E-state index < -0.39 is 0 Å². The molecule has 4 nitrogen and oxygen atoms in total. The summed E-state index contributed by atoms with van der Waals surface area (Å²) in [6.07, 6.45) is 3.68. The van der Waals surface area contributed by atoms with Crippen molar-refractivity contribution in [1.82, 2.24) is 9.97 Å². The molecule has 0 aliphatic carbocycles. The van der Waals surface area contributed by atoms with Crippen molar-refractivity contribution in [3.8, 4) is 5.88 Å². The van der Waals surface area contributed by atoms with Crippen molar-refractivity contribution >= 4 is 27.5 Å². The summed E-state index contributed by atoms with van der Waals surface area (Å²) in [6, 6.07) is 0. The summed E-state index contributed by atoms with van der Waals surface area (Å²) in [5.74, 6) is 0.463. The topological polar surface area (TPSA) is 44.2 Å². The molecule has 1 saturated heterocycles. The Balaban J connectivity index is 1.95. The Labute approximate surface area is 101 Å². The fourth-order valence-corrected chi connectivity index (χ4v) is 1.83. The van der Waals surface area contributed by atoms with Gasteiger partial charge in [-0.05, 0) is 28.8 Å². The summed E-state index contributed by atoms with van der Waals surface area (Å²) in [4.78, 5) is 7.80. The van der Waals surface area contributed by atoms with E-state index in [0.29, 0.717) is 22.1 Å². The van der Waals surface area contributed by atoms with Gasteiger partial charge < -0.3 is 9.47 Å². The third-order valence-electron chi connectivity index (χ3n) is 2.14. The summed E-state index contributed by atoms with van der Waals surface area (Å²) < 4.78 is 11.5. The minimum absolute atomic E-state index is 0.172. The molecule has 0 N–H and O–H groups in total. The molecule has 6 heteroatoms. The molecular weight excluding hydrogens is 283 g/mol. The van der Waals surface area contributed by atoms with E-state index in [1.165, 1.54) is 6.33 Å². The van der Waals surface area contributed by atoms with Crippen molar-refractivity contribution < 1.29 is 9.47 Å². The van der Waals surface area contributed by atoms with Crippen molar-refractivity contribution in [2.45, 2.75) is 18.9 Å². The standard InChI is InChI=1S/C9H10BrClN2O2/c10-7-8(11)12-5-13-9(7)15-4-6-2-1-3-14-6/h5-6H,1-4H2. The fraction of sp³-hybridized carbons (Fsp3) is 0.556. The molecule has 0 spiro atoms. The molecule has 0 saturated carbocycles. The molecule has 0 radical (unpaired) electrons. The summed E-state index contributed by atoms with van der Waals surface area (Å²) in [5, 5.41) is 0.354. The first-order valence-corrected chi connectivity index (χ1v) is 5.85. The monoisotopic (exact) mass is 292 g/mol. The predicted octanol–water partition coefficient (Wildman–Crippen LogP) is 2.45. The minimum Gasteiger partial charge on any atom is -0.474 e. The van der Waals surface area contributed by atoms with Gasteiger partial charge >= 0.3 is 0 Å². The highest BCUT2D eigenvalue weighted by atomic mass is 79.9. The number of halogens is 2. The fourth-order valence-electron chi connectivity index (χ4n) is 1.38. The van der Waals surface area contributed by atoms with Crippen molar-refractivity contribution in [2.24, 2.45) is 0 Å². The highest BCUT2D eigenvalue weighted by molar-refractivity contribution is 9.10. The quantitative estimate of drug-likeness (QED) is 0.803. The average molecular weight is 294 g/mol. The summed E-state index contributed by atoms with van der Waals surface area (Å²) in [5.41, 5.74) is 0. The van der Waals surface area contributed by atoms with Crippen LogP contribution in [-0.4, -0.2) is 29.3 Å². The van der Waals surface area contributed by atoms with Crippen LogP contribution >= 0.6 is 27.5 Å². The van der Waals surface area contributed by atoms with Gasteiger partial charge in [0.2, 0.25) is 5.88 Å². The lowest BCUT2D eigenvalue weighted by Crippen LogP contribution is -2.17. The predicted molar refractivity (Wildman–Crippen MR) is 59.2 cm³/mol. The van der Waals surface area contributed by atoms with Crippen LogP contribution in [0.4, 0.5) is 0 Å².